The molecule has 0 aromatic carbocycles. The molecule has 0 bridgehead atoms. The summed E-state index contributed by atoms with van der Waals surface area (Å²) < 4.78 is 6.51. The van der Waals surface area contributed by atoms with Crippen molar-refractivity contribution in [1.29, 1.82) is 0 Å². The number of halogens is 1. The first kappa shape index (κ1) is 7.10. The summed E-state index contributed by atoms with van der Waals surface area (Å²) in [5.74, 6) is 0.905. The average molecular weight is 214 g/mol. The molecule has 1 aromatic rings. The molecule has 0 unspecified atom stereocenters. The first-order valence-corrected chi connectivity index (χ1v) is 4.42. The fraction of sp³-hybridized carbons (Fsp3) is 0.375. The average Bonchev–Trinajstić information content (AvgIpc) is 2.78. The Kier molecular flexibility index (Phi) is 1.82. The van der Waals surface area contributed by atoms with Crippen LogP contribution in [0.25, 0.3) is 0 Å². The molecule has 1 saturated carbocycles. The lowest BCUT2D eigenvalue weighted by molar-refractivity contribution is 0.301. The van der Waals surface area contributed by atoms with Crippen LogP contribution >= 0.6 is 15.9 Å². The predicted octanol–water partition coefficient (Wildman–Crippen LogP) is 2.39. The molecule has 11 heavy (non-hydrogen) atoms. The molecule has 1 fully saturated rings. The van der Waals surface area contributed by atoms with Crippen LogP contribution in [0, 0.1) is 0 Å². The van der Waals surface area contributed by atoms with E-state index in [-0.39, 0.29) is 0 Å². The van der Waals surface area contributed by atoms with Crippen LogP contribution in [0.5, 0.6) is 5.75 Å². The van der Waals surface area contributed by atoms with Gasteiger partial charge in [-0.25, -0.2) is 0 Å². The number of aromatic nitrogens is 1. The van der Waals surface area contributed by atoms with Gasteiger partial charge in [-0.15, -0.1) is 0 Å². The van der Waals surface area contributed by atoms with E-state index in [0.717, 1.165) is 10.2 Å². The number of hydrogen-bond acceptors (Lipinski definition) is 2. The lowest BCUT2D eigenvalue weighted by Crippen LogP contribution is -1.96. The van der Waals surface area contributed by atoms with Crippen molar-refractivity contribution in [2.45, 2.75) is 18.9 Å². The van der Waals surface area contributed by atoms with Crippen LogP contribution in [0.2, 0.25) is 0 Å². The van der Waals surface area contributed by atoms with E-state index in [2.05, 4.69) is 20.9 Å². The normalized spacial score (nSPS) is 16.5. The van der Waals surface area contributed by atoms with Crippen LogP contribution in [0.3, 0.4) is 0 Å². The molecule has 1 aliphatic rings. The maximum Gasteiger partial charge on any atom is 0.136 e. The Labute approximate surface area is 73.7 Å². The Morgan fingerprint density at radius 3 is 3.00 bits per heavy atom. The Balaban J connectivity index is 2.15. The van der Waals surface area contributed by atoms with Gasteiger partial charge < -0.3 is 4.74 Å². The van der Waals surface area contributed by atoms with E-state index in [1.54, 1.807) is 12.4 Å². The van der Waals surface area contributed by atoms with Crippen molar-refractivity contribution in [3.05, 3.63) is 22.9 Å². The number of pyridine rings is 1. The molecule has 0 radical (unpaired) electrons. The molecule has 0 atom stereocenters. The summed E-state index contributed by atoms with van der Waals surface area (Å²) in [4.78, 5) is 3.95. The topological polar surface area (TPSA) is 22.1 Å². The van der Waals surface area contributed by atoms with Crippen molar-refractivity contribution >= 4 is 15.9 Å². The number of rotatable bonds is 2. The summed E-state index contributed by atoms with van der Waals surface area (Å²) in [6.07, 6.45) is 6.32. The first-order chi connectivity index (χ1) is 5.36. The van der Waals surface area contributed by atoms with Crippen LogP contribution < -0.4 is 4.74 Å². The van der Waals surface area contributed by atoms with Crippen LogP contribution in [0.4, 0.5) is 0 Å². The summed E-state index contributed by atoms with van der Waals surface area (Å²) in [6, 6.07) is 1.88. The van der Waals surface area contributed by atoms with Crippen LogP contribution in [-0.2, 0) is 0 Å². The lowest BCUT2D eigenvalue weighted by atomic mass is 10.4. The summed E-state index contributed by atoms with van der Waals surface area (Å²) in [5.41, 5.74) is 0. The third-order valence-electron chi connectivity index (χ3n) is 1.55. The molecule has 0 amide bonds. The molecule has 0 aliphatic heterocycles. The van der Waals surface area contributed by atoms with Gasteiger partial charge in [0.2, 0.25) is 0 Å². The van der Waals surface area contributed by atoms with Gasteiger partial charge in [-0.2, -0.15) is 0 Å². The summed E-state index contributed by atoms with van der Waals surface area (Å²) in [5, 5.41) is 0. The third-order valence-corrected chi connectivity index (χ3v) is 2.15. The number of hydrogen-bond donors (Lipinski definition) is 0. The second-order valence-electron chi connectivity index (χ2n) is 2.62. The van der Waals surface area contributed by atoms with Crippen LogP contribution in [-0.4, -0.2) is 11.1 Å². The van der Waals surface area contributed by atoms with Gasteiger partial charge in [-0.1, -0.05) is 0 Å². The highest BCUT2D eigenvalue weighted by Gasteiger charge is 2.24. The minimum atomic E-state index is 0.452. The molecule has 58 valence electrons. The highest BCUT2D eigenvalue weighted by atomic mass is 79.9. The molecule has 1 heterocycles. The summed E-state index contributed by atoms with van der Waals surface area (Å²) in [7, 11) is 0. The monoisotopic (exact) mass is 213 g/mol. The molecular weight excluding hydrogens is 206 g/mol. The van der Waals surface area contributed by atoms with Gasteiger partial charge in [0.15, 0.2) is 0 Å². The SMILES string of the molecule is Brc1cnccc1OC1CC1. The number of ether oxygens (including phenoxy) is 1. The second kappa shape index (κ2) is 2.81. The third kappa shape index (κ3) is 1.71. The van der Waals surface area contributed by atoms with E-state index < -0.39 is 0 Å². The van der Waals surface area contributed by atoms with Crippen LogP contribution in [0.1, 0.15) is 12.8 Å². The van der Waals surface area contributed by atoms with E-state index in [4.69, 9.17) is 4.74 Å². The van der Waals surface area contributed by atoms with Crippen LogP contribution in [0.15, 0.2) is 22.9 Å². The quantitative estimate of drug-likeness (QED) is 0.753. The minimum absolute atomic E-state index is 0.452. The Hall–Kier alpha value is -0.570. The molecule has 2 nitrogen and oxygen atoms in total. The molecule has 0 spiro atoms. The van der Waals surface area contributed by atoms with Gasteiger partial charge in [0, 0.05) is 12.4 Å². The van der Waals surface area contributed by atoms with E-state index >= 15 is 0 Å². The van der Waals surface area contributed by atoms with Crippen molar-refractivity contribution in [3.8, 4) is 5.75 Å². The zero-order chi connectivity index (χ0) is 7.68. The van der Waals surface area contributed by atoms with Crippen molar-refractivity contribution < 1.29 is 4.74 Å². The van der Waals surface area contributed by atoms with Gasteiger partial charge in [0.05, 0.1) is 10.6 Å². The maximum absolute atomic E-state index is 5.57. The highest BCUT2D eigenvalue weighted by molar-refractivity contribution is 9.10. The van der Waals surface area contributed by atoms with Crippen molar-refractivity contribution in [2.75, 3.05) is 0 Å². The molecule has 1 aliphatic carbocycles. The Morgan fingerprint density at radius 1 is 1.55 bits per heavy atom. The molecule has 0 N–H and O–H groups in total. The van der Waals surface area contributed by atoms with Gasteiger partial charge >= 0.3 is 0 Å². The van der Waals surface area contributed by atoms with Crippen molar-refractivity contribution in [1.82, 2.24) is 4.98 Å². The minimum Gasteiger partial charge on any atom is -0.489 e. The van der Waals surface area contributed by atoms with E-state index in [9.17, 15) is 0 Å². The zero-order valence-electron chi connectivity index (χ0n) is 5.96. The Morgan fingerprint density at radius 2 is 2.36 bits per heavy atom. The molecular formula is C8H8BrNO. The summed E-state index contributed by atoms with van der Waals surface area (Å²) in [6.45, 7) is 0. The molecule has 2 rings (SSSR count). The van der Waals surface area contributed by atoms with Gasteiger partial charge in [0.25, 0.3) is 0 Å². The standard InChI is InChI=1S/C8H8BrNO/c9-7-5-10-4-3-8(7)11-6-1-2-6/h3-6H,1-2H2. The van der Waals surface area contributed by atoms with Gasteiger partial charge in [-0.05, 0) is 34.8 Å². The fourth-order valence-corrected chi connectivity index (χ4v) is 1.17. The smallest absolute Gasteiger partial charge is 0.136 e. The lowest BCUT2D eigenvalue weighted by Gasteiger charge is -2.04. The van der Waals surface area contributed by atoms with Crippen molar-refractivity contribution in [3.63, 3.8) is 0 Å². The highest BCUT2D eigenvalue weighted by Crippen LogP contribution is 2.30. The predicted molar refractivity (Wildman–Crippen MR) is 45.6 cm³/mol. The molecule has 1 aromatic heterocycles. The Bertz CT molecular complexity index is 260. The van der Waals surface area contributed by atoms with E-state index in [0.29, 0.717) is 6.10 Å². The van der Waals surface area contributed by atoms with E-state index in [1.807, 2.05) is 6.07 Å². The largest absolute Gasteiger partial charge is 0.489 e. The first-order valence-electron chi connectivity index (χ1n) is 3.62. The van der Waals surface area contributed by atoms with Crippen molar-refractivity contribution in [2.24, 2.45) is 0 Å². The zero-order valence-corrected chi connectivity index (χ0v) is 7.54. The fourth-order valence-electron chi connectivity index (χ4n) is 0.823. The summed E-state index contributed by atoms with van der Waals surface area (Å²) >= 11 is 3.37. The second-order valence-corrected chi connectivity index (χ2v) is 3.48. The van der Waals surface area contributed by atoms with Gasteiger partial charge in [0.1, 0.15) is 5.75 Å². The molecule has 0 saturated heterocycles. The molecule has 3 heteroatoms. The van der Waals surface area contributed by atoms with E-state index in [1.165, 1.54) is 12.8 Å². The maximum atomic E-state index is 5.57. The van der Waals surface area contributed by atoms with Gasteiger partial charge in [-0.3, -0.25) is 4.98 Å². The number of nitrogens with zero attached hydrogens (tertiary/aromatic N) is 1.